The van der Waals surface area contributed by atoms with Gasteiger partial charge in [-0.05, 0) is 30.3 Å². The van der Waals surface area contributed by atoms with Crippen LogP contribution in [0, 0.1) is 0 Å². The summed E-state index contributed by atoms with van der Waals surface area (Å²) in [6.45, 7) is 0. The second kappa shape index (κ2) is 6.95. The van der Waals surface area contributed by atoms with Gasteiger partial charge in [0.1, 0.15) is 11.5 Å². The van der Waals surface area contributed by atoms with Crippen molar-refractivity contribution in [2.24, 2.45) is 0 Å². The van der Waals surface area contributed by atoms with Gasteiger partial charge in [0.05, 0.1) is 31.5 Å². The number of ether oxygens (including phenoxy) is 2. The zero-order chi connectivity index (χ0) is 18.8. The molecule has 0 saturated heterocycles. The van der Waals surface area contributed by atoms with Crippen LogP contribution in [0.2, 0.25) is 0 Å². The summed E-state index contributed by atoms with van der Waals surface area (Å²) >= 11 is 0. The zero-order valence-corrected chi connectivity index (χ0v) is 14.9. The van der Waals surface area contributed by atoms with Crippen LogP contribution in [-0.4, -0.2) is 35.3 Å². The summed E-state index contributed by atoms with van der Waals surface area (Å²) in [5, 5.41) is 11.6. The van der Waals surface area contributed by atoms with Crippen LogP contribution in [0.3, 0.4) is 0 Å². The number of carbonyl (C=O) groups is 1. The molecule has 0 unspecified atom stereocenters. The minimum absolute atomic E-state index is 0.182. The maximum atomic E-state index is 12.5. The maximum Gasteiger partial charge on any atom is 0.230 e. The first-order chi connectivity index (χ1) is 13.2. The fourth-order valence-corrected chi connectivity index (χ4v) is 3.01. The Balaban J connectivity index is 1.63. The van der Waals surface area contributed by atoms with Gasteiger partial charge in [-0.25, -0.2) is 4.98 Å². The van der Waals surface area contributed by atoms with E-state index in [1.165, 1.54) is 0 Å². The predicted octanol–water partition coefficient (Wildman–Crippen LogP) is 3.31. The molecule has 2 heterocycles. The van der Waals surface area contributed by atoms with Gasteiger partial charge in [0.25, 0.3) is 0 Å². The number of pyridine rings is 1. The van der Waals surface area contributed by atoms with Gasteiger partial charge in [-0.15, -0.1) is 0 Å². The summed E-state index contributed by atoms with van der Waals surface area (Å²) in [7, 11) is 3.21. The smallest absolute Gasteiger partial charge is 0.230 e. The average Bonchev–Trinajstić information content (AvgIpc) is 3.07. The molecule has 0 spiro atoms. The van der Waals surface area contributed by atoms with Crippen molar-refractivity contribution in [2.75, 3.05) is 19.5 Å². The first-order valence-corrected chi connectivity index (χ1v) is 8.42. The molecule has 136 valence electrons. The summed E-state index contributed by atoms with van der Waals surface area (Å²) in [6.07, 6.45) is 0.188. The van der Waals surface area contributed by atoms with E-state index in [2.05, 4.69) is 20.5 Å². The minimum Gasteiger partial charge on any atom is -0.497 e. The number of anilines is 1. The second-order valence-corrected chi connectivity index (χ2v) is 6.05. The molecule has 7 heteroatoms. The number of H-pyrrole nitrogens is 1. The molecule has 2 N–H and O–H groups in total. The van der Waals surface area contributed by atoms with Crippen LogP contribution in [0.5, 0.6) is 11.5 Å². The lowest BCUT2D eigenvalue weighted by atomic mass is 10.1. The first kappa shape index (κ1) is 16.8. The number of benzene rings is 2. The highest BCUT2D eigenvalue weighted by molar-refractivity contribution is 6.03. The molecule has 4 aromatic rings. The number of nitrogens with zero attached hydrogens (tertiary/aromatic N) is 2. The van der Waals surface area contributed by atoms with Gasteiger partial charge in [0.2, 0.25) is 5.91 Å². The molecule has 2 aromatic heterocycles. The van der Waals surface area contributed by atoms with Crippen molar-refractivity contribution in [1.29, 1.82) is 0 Å². The van der Waals surface area contributed by atoms with Gasteiger partial charge >= 0.3 is 0 Å². The van der Waals surface area contributed by atoms with Crippen molar-refractivity contribution in [1.82, 2.24) is 15.2 Å². The molecule has 4 rings (SSSR count). The Morgan fingerprint density at radius 2 is 1.96 bits per heavy atom. The van der Waals surface area contributed by atoms with Crippen molar-refractivity contribution in [3.8, 4) is 11.5 Å². The lowest BCUT2D eigenvalue weighted by Crippen LogP contribution is -2.15. The number of carbonyl (C=O) groups excluding carboxylic acids is 1. The maximum absolute atomic E-state index is 12.5. The highest BCUT2D eigenvalue weighted by atomic mass is 16.5. The van der Waals surface area contributed by atoms with E-state index in [1.54, 1.807) is 14.2 Å². The Labute approximate surface area is 155 Å². The Morgan fingerprint density at radius 3 is 2.78 bits per heavy atom. The third-order valence-corrected chi connectivity index (χ3v) is 4.35. The van der Waals surface area contributed by atoms with E-state index in [-0.39, 0.29) is 12.3 Å². The van der Waals surface area contributed by atoms with E-state index in [9.17, 15) is 4.79 Å². The fourth-order valence-electron chi connectivity index (χ4n) is 3.01. The number of fused-ring (bicyclic) bond motifs is 2. The number of para-hydroxylation sites is 1. The van der Waals surface area contributed by atoms with Gasteiger partial charge in [0.15, 0.2) is 11.5 Å². The molecule has 0 radical (unpaired) electrons. The number of rotatable bonds is 5. The molecular formula is C20H18N4O3. The fraction of sp³-hybridized carbons (Fsp3) is 0.150. The molecule has 0 bridgehead atoms. The molecular weight excluding hydrogens is 344 g/mol. The van der Waals surface area contributed by atoms with Gasteiger partial charge in [0, 0.05) is 10.9 Å². The zero-order valence-electron chi connectivity index (χ0n) is 14.9. The Morgan fingerprint density at radius 1 is 1.11 bits per heavy atom. The van der Waals surface area contributed by atoms with Crippen LogP contribution >= 0.6 is 0 Å². The van der Waals surface area contributed by atoms with E-state index >= 15 is 0 Å². The molecule has 7 nitrogen and oxygen atoms in total. The normalized spacial score (nSPS) is 10.9. The van der Waals surface area contributed by atoms with E-state index in [0.29, 0.717) is 17.2 Å². The molecule has 2 aromatic carbocycles. The van der Waals surface area contributed by atoms with Crippen LogP contribution < -0.4 is 14.8 Å². The van der Waals surface area contributed by atoms with Crippen LogP contribution in [-0.2, 0) is 11.2 Å². The molecule has 0 aliphatic rings. The van der Waals surface area contributed by atoms with Crippen molar-refractivity contribution in [3.05, 3.63) is 54.1 Å². The van der Waals surface area contributed by atoms with Crippen LogP contribution in [0.25, 0.3) is 21.9 Å². The lowest BCUT2D eigenvalue weighted by Gasteiger charge is -2.08. The molecule has 0 atom stereocenters. The van der Waals surface area contributed by atoms with Crippen LogP contribution in [0.1, 0.15) is 5.56 Å². The highest BCUT2D eigenvalue weighted by Crippen LogP contribution is 2.27. The summed E-state index contributed by atoms with van der Waals surface area (Å²) in [5.41, 5.74) is 2.24. The first-order valence-electron chi connectivity index (χ1n) is 8.42. The number of nitrogens with one attached hydrogen (secondary N) is 2. The van der Waals surface area contributed by atoms with Gasteiger partial charge in [-0.1, -0.05) is 18.2 Å². The summed E-state index contributed by atoms with van der Waals surface area (Å²) in [6, 6.07) is 15.0. The molecule has 0 fully saturated rings. The van der Waals surface area contributed by atoms with E-state index in [4.69, 9.17) is 9.47 Å². The molecule has 1 amide bonds. The standard InChI is InChI=1S/C20H18N4O3/c1-26-14-7-8-16-13(9-14)10-15-19(21-16)23-24-20(15)22-18(25)11-12-5-3-4-6-17(12)27-2/h3-10H,11H2,1-2H3,(H2,21,22,23,24,25). The number of aromatic nitrogens is 3. The van der Waals surface area contributed by atoms with Crippen molar-refractivity contribution in [3.63, 3.8) is 0 Å². The molecule has 27 heavy (non-hydrogen) atoms. The average molecular weight is 362 g/mol. The third kappa shape index (κ3) is 3.27. The number of methoxy groups -OCH3 is 2. The monoisotopic (exact) mass is 362 g/mol. The Bertz CT molecular complexity index is 1140. The van der Waals surface area contributed by atoms with E-state index < -0.39 is 0 Å². The summed E-state index contributed by atoms with van der Waals surface area (Å²) < 4.78 is 10.6. The molecule has 0 saturated carbocycles. The van der Waals surface area contributed by atoms with Crippen molar-refractivity contribution < 1.29 is 14.3 Å². The van der Waals surface area contributed by atoms with E-state index in [0.717, 1.165) is 27.6 Å². The van der Waals surface area contributed by atoms with Crippen LogP contribution in [0.4, 0.5) is 5.82 Å². The van der Waals surface area contributed by atoms with Crippen molar-refractivity contribution in [2.45, 2.75) is 6.42 Å². The topological polar surface area (TPSA) is 89.1 Å². The quantitative estimate of drug-likeness (QED) is 0.569. The van der Waals surface area contributed by atoms with Crippen molar-refractivity contribution >= 4 is 33.7 Å². The number of hydrogen-bond acceptors (Lipinski definition) is 5. The van der Waals surface area contributed by atoms with E-state index in [1.807, 2.05) is 48.5 Å². The summed E-state index contributed by atoms with van der Waals surface area (Å²) in [5.74, 6) is 1.69. The third-order valence-electron chi connectivity index (χ3n) is 4.35. The van der Waals surface area contributed by atoms with Gasteiger partial charge < -0.3 is 14.8 Å². The van der Waals surface area contributed by atoms with Crippen LogP contribution in [0.15, 0.2) is 48.5 Å². The summed E-state index contributed by atoms with van der Waals surface area (Å²) in [4.78, 5) is 17.0. The number of aromatic amines is 1. The molecule has 0 aliphatic carbocycles. The number of amides is 1. The SMILES string of the molecule is COc1ccc2nc3[nH]nc(NC(=O)Cc4ccccc4OC)c3cc2c1. The number of hydrogen-bond donors (Lipinski definition) is 2. The largest absolute Gasteiger partial charge is 0.497 e. The highest BCUT2D eigenvalue weighted by Gasteiger charge is 2.14. The second-order valence-electron chi connectivity index (χ2n) is 6.05. The van der Waals surface area contributed by atoms with Gasteiger partial charge in [-0.2, -0.15) is 5.10 Å². The van der Waals surface area contributed by atoms with Gasteiger partial charge in [-0.3, -0.25) is 9.89 Å². The Hall–Kier alpha value is -3.61. The minimum atomic E-state index is -0.182. The lowest BCUT2D eigenvalue weighted by molar-refractivity contribution is -0.115. The molecule has 0 aliphatic heterocycles. The Kier molecular flexibility index (Phi) is 4.33. The predicted molar refractivity (Wildman–Crippen MR) is 103 cm³/mol.